The summed E-state index contributed by atoms with van der Waals surface area (Å²) in [5.74, 6) is -0.443. The van der Waals surface area contributed by atoms with E-state index in [0.29, 0.717) is 55.0 Å². The van der Waals surface area contributed by atoms with Crippen LogP contribution in [-0.2, 0) is 16.1 Å². The number of benzene rings is 1. The maximum atomic E-state index is 15.0. The van der Waals surface area contributed by atoms with Crippen molar-refractivity contribution in [3.63, 3.8) is 0 Å². The highest BCUT2D eigenvalue weighted by atomic mass is 19.1. The van der Waals surface area contributed by atoms with Crippen LogP contribution in [0.1, 0.15) is 18.5 Å². The fraction of sp³-hybridized carbons (Fsp3) is 0.348. The minimum atomic E-state index is -0.488. The second-order valence-corrected chi connectivity index (χ2v) is 8.19. The molecule has 34 heavy (non-hydrogen) atoms. The first kappa shape index (κ1) is 22.0. The van der Waals surface area contributed by atoms with Crippen molar-refractivity contribution < 1.29 is 18.8 Å². The number of oxime groups is 1. The Labute approximate surface area is 195 Å². The molecule has 2 aliphatic heterocycles. The molecule has 1 N–H and O–H groups in total. The Morgan fingerprint density at radius 3 is 2.88 bits per heavy atom. The van der Waals surface area contributed by atoms with Gasteiger partial charge in [0.15, 0.2) is 0 Å². The van der Waals surface area contributed by atoms with Gasteiger partial charge in [-0.15, -0.1) is 5.10 Å². The van der Waals surface area contributed by atoms with Gasteiger partial charge in [-0.3, -0.25) is 14.6 Å². The largest absolute Gasteiger partial charge is 0.444 e. The van der Waals surface area contributed by atoms with Gasteiger partial charge in [-0.25, -0.2) is 9.18 Å². The van der Waals surface area contributed by atoms with Crippen LogP contribution in [0.4, 0.5) is 14.9 Å². The highest BCUT2D eigenvalue weighted by Gasteiger charge is 2.32. The predicted molar refractivity (Wildman–Crippen MR) is 122 cm³/mol. The normalized spacial score (nSPS) is 19.8. The highest BCUT2D eigenvalue weighted by molar-refractivity contribution is 5.99. The number of hydrogen-bond acceptors (Lipinski definition) is 8. The molecule has 3 aromatic rings. The average molecular weight is 465 g/mol. The van der Waals surface area contributed by atoms with E-state index in [9.17, 15) is 4.79 Å². The number of nitrogens with zero attached hydrogens (tertiary/aromatic N) is 6. The number of halogens is 1. The lowest BCUT2D eigenvalue weighted by Gasteiger charge is -2.14. The number of ether oxygens (including phenoxy) is 1. The fourth-order valence-corrected chi connectivity index (χ4v) is 4.06. The SMILES string of the molecule is CNC[C@@H]1CC(c2ccc(-c3ccc(N4C[C@@H](CCn5ccnn5)OC4=O)cc3F)cn2)=NO1. The van der Waals surface area contributed by atoms with Crippen LogP contribution in [0.25, 0.3) is 11.1 Å². The van der Waals surface area contributed by atoms with Crippen molar-refractivity contribution in [2.75, 3.05) is 25.0 Å². The molecular weight excluding hydrogens is 441 g/mol. The van der Waals surface area contributed by atoms with Gasteiger partial charge in [-0.1, -0.05) is 16.4 Å². The summed E-state index contributed by atoms with van der Waals surface area (Å²) < 4.78 is 22.1. The van der Waals surface area contributed by atoms with Crippen molar-refractivity contribution in [1.29, 1.82) is 0 Å². The molecule has 2 aromatic heterocycles. The van der Waals surface area contributed by atoms with Crippen LogP contribution in [0.3, 0.4) is 0 Å². The molecule has 0 saturated carbocycles. The average Bonchev–Trinajstić information content (AvgIpc) is 3.60. The number of cyclic esters (lactones) is 1. The summed E-state index contributed by atoms with van der Waals surface area (Å²) in [6.07, 6.45) is 5.43. The predicted octanol–water partition coefficient (Wildman–Crippen LogP) is 2.61. The van der Waals surface area contributed by atoms with E-state index >= 15 is 4.39 Å². The van der Waals surface area contributed by atoms with Crippen LogP contribution in [0, 0.1) is 5.82 Å². The summed E-state index contributed by atoms with van der Waals surface area (Å²) in [4.78, 5) is 23.6. The lowest BCUT2D eigenvalue weighted by molar-refractivity contribution is 0.0866. The van der Waals surface area contributed by atoms with Crippen LogP contribution >= 0.6 is 0 Å². The molecule has 0 radical (unpaired) electrons. The van der Waals surface area contributed by atoms with Crippen LogP contribution in [0.2, 0.25) is 0 Å². The van der Waals surface area contributed by atoms with E-state index in [2.05, 4.69) is 25.8 Å². The summed E-state index contributed by atoms with van der Waals surface area (Å²) >= 11 is 0. The molecule has 1 saturated heterocycles. The number of amides is 1. The summed E-state index contributed by atoms with van der Waals surface area (Å²) in [6.45, 7) is 1.63. The zero-order valence-corrected chi connectivity index (χ0v) is 18.6. The molecule has 2 atom stereocenters. The summed E-state index contributed by atoms with van der Waals surface area (Å²) in [5.41, 5.74) is 2.96. The van der Waals surface area contributed by atoms with Crippen LogP contribution < -0.4 is 10.2 Å². The molecule has 176 valence electrons. The molecule has 0 aliphatic carbocycles. The number of aromatic nitrogens is 4. The molecule has 0 bridgehead atoms. The Morgan fingerprint density at radius 1 is 1.24 bits per heavy atom. The Balaban J connectivity index is 1.24. The Morgan fingerprint density at radius 2 is 2.15 bits per heavy atom. The van der Waals surface area contributed by atoms with Crippen molar-refractivity contribution in [3.05, 3.63) is 60.4 Å². The number of carbonyl (C=O) groups is 1. The van der Waals surface area contributed by atoms with E-state index in [1.54, 1.807) is 41.5 Å². The zero-order valence-electron chi connectivity index (χ0n) is 18.6. The second-order valence-electron chi connectivity index (χ2n) is 8.19. The van der Waals surface area contributed by atoms with Gasteiger partial charge >= 0.3 is 6.09 Å². The maximum absolute atomic E-state index is 15.0. The summed E-state index contributed by atoms with van der Waals surface area (Å²) in [7, 11) is 1.86. The quantitative estimate of drug-likeness (QED) is 0.545. The molecule has 0 spiro atoms. The second kappa shape index (κ2) is 9.56. The third-order valence-corrected chi connectivity index (χ3v) is 5.83. The number of hydrogen-bond donors (Lipinski definition) is 1. The molecule has 11 heteroatoms. The summed E-state index contributed by atoms with van der Waals surface area (Å²) in [6, 6.07) is 8.32. The Hall–Kier alpha value is -3.86. The van der Waals surface area contributed by atoms with Gasteiger partial charge in [0.25, 0.3) is 0 Å². The molecule has 2 aliphatic rings. The van der Waals surface area contributed by atoms with Gasteiger partial charge in [0, 0.05) is 49.5 Å². The maximum Gasteiger partial charge on any atom is 0.414 e. The smallest absolute Gasteiger partial charge is 0.414 e. The van der Waals surface area contributed by atoms with Gasteiger partial charge in [0.2, 0.25) is 0 Å². The van der Waals surface area contributed by atoms with E-state index in [4.69, 9.17) is 9.57 Å². The third-order valence-electron chi connectivity index (χ3n) is 5.83. The van der Waals surface area contributed by atoms with E-state index < -0.39 is 11.9 Å². The monoisotopic (exact) mass is 465 g/mol. The number of rotatable bonds is 8. The van der Waals surface area contributed by atoms with Crippen molar-refractivity contribution in [1.82, 2.24) is 25.3 Å². The lowest BCUT2D eigenvalue weighted by atomic mass is 10.0. The van der Waals surface area contributed by atoms with Crippen molar-refractivity contribution in [2.24, 2.45) is 5.16 Å². The molecule has 1 aromatic carbocycles. The van der Waals surface area contributed by atoms with Crippen molar-refractivity contribution in [2.45, 2.75) is 31.6 Å². The first-order chi connectivity index (χ1) is 16.6. The first-order valence-electron chi connectivity index (χ1n) is 11.1. The van der Waals surface area contributed by atoms with Crippen LogP contribution in [0.5, 0.6) is 0 Å². The number of anilines is 1. The number of likely N-dealkylation sites (N-methyl/N-ethyl adjacent to an activating group) is 1. The molecule has 5 rings (SSSR count). The molecule has 0 unspecified atom stereocenters. The van der Waals surface area contributed by atoms with E-state index in [1.165, 1.54) is 11.0 Å². The number of pyridine rings is 1. The van der Waals surface area contributed by atoms with Gasteiger partial charge < -0.3 is 14.9 Å². The van der Waals surface area contributed by atoms with Crippen molar-refractivity contribution >= 4 is 17.5 Å². The van der Waals surface area contributed by atoms with Crippen LogP contribution in [-0.4, -0.2) is 64.1 Å². The van der Waals surface area contributed by atoms with Gasteiger partial charge in [0.05, 0.1) is 24.1 Å². The Bertz CT molecular complexity index is 1180. The van der Waals surface area contributed by atoms with Gasteiger partial charge in [-0.05, 0) is 31.3 Å². The number of aryl methyl sites for hydroxylation is 1. The van der Waals surface area contributed by atoms with Crippen molar-refractivity contribution in [3.8, 4) is 11.1 Å². The van der Waals surface area contributed by atoms with Crippen LogP contribution in [0.15, 0.2) is 54.1 Å². The number of nitrogens with one attached hydrogen (secondary N) is 1. The number of carbonyl (C=O) groups excluding carboxylic acids is 1. The first-order valence-corrected chi connectivity index (χ1v) is 11.1. The minimum Gasteiger partial charge on any atom is -0.444 e. The Kier molecular flexibility index (Phi) is 6.17. The van der Waals surface area contributed by atoms with E-state index in [0.717, 1.165) is 5.71 Å². The van der Waals surface area contributed by atoms with Gasteiger partial charge in [-0.2, -0.15) is 0 Å². The minimum absolute atomic E-state index is 0.00842. The lowest BCUT2D eigenvalue weighted by Crippen LogP contribution is -2.25. The molecule has 10 nitrogen and oxygen atoms in total. The fourth-order valence-electron chi connectivity index (χ4n) is 4.06. The molecule has 1 amide bonds. The summed E-state index contributed by atoms with van der Waals surface area (Å²) in [5, 5.41) is 14.8. The molecular formula is C23H24FN7O3. The van der Waals surface area contributed by atoms with E-state index in [1.807, 2.05) is 13.1 Å². The van der Waals surface area contributed by atoms with E-state index in [-0.39, 0.29) is 12.2 Å². The standard InChI is InChI=1S/C23H24FN7O3/c1-25-13-18-11-22(28-34-18)21-5-2-15(12-26-21)19-4-3-16(10-20(19)24)31-14-17(33-23(31)32)6-8-30-9-7-27-29-30/h2-5,7,9-10,12,17-18,25H,6,8,11,13-14H2,1H3/t17-,18+/m1/s1. The third kappa shape index (κ3) is 4.60. The molecule has 1 fully saturated rings. The zero-order chi connectivity index (χ0) is 23.5. The topological polar surface area (TPSA) is 107 Å². The van der Waals surface area contributed by atoms with Gasteiger partial charge in [0.1, 0.15) is 23.7 Å². The molecule has 4 heterocycles. The highest BCUT2D eigenvalue weighted by Crippen LogP contribution is 2.29.